The first-order valence-corrected chi connectivity index (χ1v) is 11.3. The number of likely N-dealkylation sites (tertiary alicyclic amines) is 1. The zero-order chi connectivity index (χ0) is 21.3. The number of carbonyl (C=O) groups excluding carboxylic acids is 2. The lowest BCUT2D eigenvalue weighted by molar-refractivity contribution is 0.0662. The maximum absolute atomic E-state index is 13.1. The molecule has 2 heterocycles. The zero-order valence-electron chi connectivity index (χ0n) is 17.3. The molecular formula is C23H26BrN3O3. The minimum Gasteiger partial charge on any atom is -0.455 e. The largest absolute Gasteiger partial charge is 0.455 e. The number of hydrazone groups is 1. The lowest BCUT2D eigenvalue weighted by atomic mass is 9.93. The molecule has 2 amide bonds. The molecular weight excluding hydrogens is 446 g/mol. The van der Waals surface area contributed by atoms with Gasteiger partial charge in [-0.15, -0.1) is 0 Å². The number of nitrogens with zero attached hydrogens (tertiary/aromatic N) is 2. The number of rotatable bonds is 3. The van der Waals surface area contributed by atoms with Crippen molar-refractivity contribution in [2.45, 2.75) is 46.0 Å². The summed E-state index contributed by atoms with van der Waals surface area (Å²) in [5, 5.41) is 4.41. The van der Waals surface area contributed by atoms with Crippen molar-refractivity contribution in [3.05, 3.63) is 56.9 Å². The van der Waals surface area contributed by atoms with Crippen LogP contribution < -0.4 is 5.43 Å². The van der Waals surface area contributed by atoms with Crippen LogP contribution in [-0.4, -0.2) is 35.5 Å². The number of furan rings is 1. The Kier molecular flexibility index (Phi) is 6.09. The maximum Gasteiger partial charge on any atom is 0.289 e. The fourth-order valence-corrected chi connectivity index (χ4v) is 4.63. The zero-order valence-corrected chi connectivity index (χ0v) is 18.9. The lowest BCUT2D eigenvalue weighted by Crippen LogP contribution is -2.38. The second kappa shape index (κ2) is 8.76. The number of carbonyl (C=O) groups is 2. The van der Waals surface area contributed by atoms with Crippen LogP contribution in [0.3, 0.4) is 0 Å². The third-order valence-electron chi connectivity index (χ3n) is 6.00. The lowest BCUT2D eigenvalue weighted by Gasteiger charge is -2.29. The smallest absolute Gasteiger partial charge is 0.289 e. The summed E-state index contributed by atoms with van der Waals surface area (Å²) in [6, 6.07) is 7.23. The van der Waals surface area contributed by atoms with Crippen LogP contribution in [0.4, 0.5) is 0 Å². The molecule has 4 rings (SSSR count). The van der Waals surface area contributed by atoms with Crippen molar-refractivity contribution in [2.75, 3.05) is 13.1 Å². The first kappa shape index (κ1) is 20.8. The predicted molar refractivity (Wildman–Crippen MR) is 119 cm³/mol. The number of benzene rings is 1. The predicted octanol–water partition coefficient (Wildman–Crippen LogP) is 4.69. The summed E-state index contributed by atoms with van der Waals surface area (Å²) in [5.74, 6) is 1.56. The number of aryl methyl sites for hydroxylation is 1. The molecule has 2 aliphatic rings. The van der Waals surface area contributed by atoms with Gasteiger partial charge in [-0.3, -0.25) is 9.59 Å². The van der Waals surface area contributed by atoms with E-state index < -0.39 is 0 Å². The van der Waals surface area contributed by atoms with E-state index in [1.54, 1.807) is 6.07 Å². The van der Waals surface area contributed by atoms with Gasteiger partial charge in [0.25, 0.3) is 11.8 Å². The Morgan fingerprint density at radius 1 is 1.20 bits per heavy atom. The van der Waals surface area contributed by atoms with Crippen LogP contribution in [0.2, 0.25) is 0 Å². The third-order valence-corrected chi connectivity index (χ3v) is 6.69. The minimum atomic E-state index is -0.276. The Morgan fingerprint density at radius 3 is 2.67 bits per heavy atom. The van der Waals surface area contributed by atoms with Crippen LogP contribution in [0.25, 0.3) is 0 Å². The number of hydrogen-bond donors (Lipinski definition) is 1. The monoisotopic (exact) mass is 471 g/mol. The first-order chi connectivity index (χ1) is 14.5. The molecule has 0 atom stereocenters. The molecule has 6 nitrogen and oxygen atoms in total. The summed E-state index contributed by atoms with van der Waals surface area (Å²) in [7, 11) is 0. The molecule has 7 heteroatoms. The van der Waals surface area contributed by atoms with E-state index in [9.17, 15) is 9.59 Å². The Bertz CT molecular complexity index is 1000. The quantitative estimate of drug-likeness (QED) is 0.659. The van der Waals surface area contributed by atoms with Gasteiger partial charge in [0.05, 0.1) is 11.3 Å². The van der Waals surface area contributed by atoms with Gasteiger partial charge in [-0.2, -0.15) is 5.10 Å². The molecule has 1 aliphatic carbocycles. The third kappa shape index (κ3) is 4.08. The molecule has 0 saturated carbocycles. The van der Waals surface area contributed by atoms with Gasteiger partial charge in [-0.1, -0.05) is 19.1 Å². The highest BCUT2D eigenvalue weighted by Crippen LogP contribution is 2.31. The highest BCUT2D eigenvalue weighted by atomic mass is 79.9. The van der Waals surface area contributed by atoms with Gasteiger partial charge >= 0.3 is 0 Å². The molecule has 30 heavy (non-hydrogen) atoms. The SMILES string of the molecule is Cc1c(C(=O)N2CCC(C)CC2)oc2c1/C(=N/NC(=O)c1ccccc1Br)CCC2. The van der Waals surface area contributed by atoms with Crippen molar-refractivity contribution in [3.63, 3.8) is 0 Å². The number of nitrogens with one attached hydrogen (secondary N) is 1. The van der Waals surface area contributed by atoms with Crippen molar-refractivity contribution in [1.82, 2.24) is 10.3 Å². The van der Waals surface area contributed by atoms with E-state index in [0.717, 1.165) is 72.3 Å². The Balaban J connectivity index is 1.57. The standard InChI is InChI=1S/C23H26BrN3O3/c1-14-10-12-27(13-11-14)23(29)21-15(2)20-18(8-5-9-19(20)30-21)25-26-22(28)16-6-3-4-7-17(16)24/h3-4,6-7,14H,5,8-13H2,1-2H3,(H,26,28)/b25-18+. The van der Waals surface area contributed by atoms with Crippen molar-refractivity contribution in [1.29, 1.82) is 0 Å². The average Bonchev–Trinajstić information content (AvgIpc) is 3.09. The molecule has 0 spiro atoms. The van der Waals surface area contributed by atoms with Crippen LogP contribution >= 0.6 is 15.9 Å². The number of fused-ring (bicyclic) bond motifs is 1. The molecule has 158 valence electrons. The number of hydrogen-bond acceptors (Lipinski definition) is 4. The molecule has 1 N–H and O–H groups in total. The van der Waals surface area contributed by atoms with Crippen LogP contribution in [0.1, 0.15) is 70.4 Å². The summed E-state index contributed by atoms with van der Waals surface area (Å²) >= 11 is 3.39. The number of piperidine rings is 1. The highest BCUT2D eigenvalue weighted by Gasteiger charge is 2.31. The van der Waals surface area contributed by atoms with Crippen LogP contribution in [-0.2, 0) is 6.42 Å². The van der Waals surface area contributed by atoms with Crippen molar-refractivity contribution in [2.24, 2.45) is 11.0 Å². The summed E-state index contributed by atoms with van der Waals surface area (Å²) in [6.07, 6.45) is 4.44. The Morgan fingerprint density at radius 2 is 1.93 bits per heavy atom. The molecule has 0 bridgehead atoms. The van der Waals surface area contributed by atoms with Crippen molar-refractivity contribution >= 4 is 33.5 Å². The average molecular weight is 472 g/mol. The van der Waals surface area contributed by atoms with E-state index in [1.165, 1.54) is 0 Å². The summed E-state index contributed by atoms with van der Waals surface area (Å²) in [4.78, 5) is 27.5. The van der Waals surface area contributed by atoms with E-state index in [1.807, 2.05) is 30.0 Å². The highest BCUT2D eigenvalue weighted by molar-refractivity contribution is 9.10. The van der Waals surface area contributed by atoms with Gasteiger partial charge in [-0.25, -0.2) is 5.43 Å². The molecule has 1 saturated heterocycles. The second-order valence-corrected chi connectivity index (χ2v) is 9.02. The molecule has 0 unspecified atom stereocenters. The molecule has 1 fully saturated rings. The number of halogens is 1. The second-order valence-electron chi connectivity index (χ2n) is 8.16. The topological polar surface area (TPSA) is 74.9 Å². The van der Waals surface area contributed by atoms with Gasteiger partial charge in [0.15, 0.2) is 5.76 Å². The number of amides is 2. The molecule has 1 aromatic carbocycles. The molecule has 0 radical (unpaired) electrons. The minimum absolute atomic E-state index is 0.0367. The van der Waals surface area contributed by atoms with E-state index in [0.29, 0.717) is 17.2 Å². The normalized spacial score (nSPS) is 18.4. The van der Waals surface area contributed by atoms with Crippen LogP contribution in [0.5, 0.6) is 0 Å². The van der Waals surface area contributed by atoms with Gasteiger partial charge in [0, 0.05) is 35.1 Å². The van der Waals surface area contributed by atoms with E-state index >= 15 is 0 Å². The Hall–Kier alpha value is -2.41. The molecule has 1 aliphatic heterocycles. The van der Waals surface area contributed by atoms with Crippen LogP contribution in [0, 0.1) is 12.8 Å². The van der Waals surface area contributed by atoms with Gasteiger partial charge in [0.1, 0.15) is 5.76 Å². The van der Waals surface area contributed by atoms with E-state index in [2.05, 4.69) is 33.4 Å². The van der Waals surface area contributed by atoms with Gasteiger partial charge in [-0.05, 0) is 66.6 Å². The van der Waals surface area contributed by atoms with Crippen molar-refractivity contribution in [3.8, 4) is 0 Å². The fraction of sp³-hybridized carbons (Fsp3) is 0.435. The summed E-state index contributed by atoms with van der Waals surface area (Å²) in [6.45, 7) is 5.68. The first-order valence-electron chi connectivity index (χ1n) is 10.5. The summed E-state index contributed by atoms with van der Waals surface area (Å²) < 4.78 is 6.75. The van der Waals surface area contributed by atoms with E-state index in [-0.39, 0.29) is 11.8 Å². The van der Waals surface area contributed by atoms with E-state index in [4.69, 9.17) is 4.42 Å². The van der Waals surface area contributed by atoms with Crippen LogP contribution in [0.15, 0.2) is 38.3 Å². The molecule has 2 aromatic rings. The molecule has 1 aromatic heterocycles. The Labute approximate surface area is 184 Å². The summed E-state index contributed by atoms with van der Waals surface area (Å²) in [5.41, 5.74) is 5.66. The van der Waals surface area contributed by atoms with Gasteiger partial charge in [0.2, 0.25) is 0 Å². The van der Waals surface area contributed by atoms with Crippen molar-refractivity contribution < 1.29 is 14.0 Å². The fourth-order valence-electron chi connectivity index (χ4n) is 4.16. The van der Waals surface area contributed by atoms with Gasteiger partial charge < -0.3 is 9.32 Å². The maximum atomic E-state index is 13.1.